The smallest absolute Gasteiger partial charge is 0.230 e. The third kappa shape index (κ3) is 3.34. The Bertz CT molecular complexity index is 516. The highest BCUT2D eigenvalue weighted by Gasteiger charge is 2.30. The molecule has 1 heterocycles. The first kappa shape index (κ1) is 13.6. The lowest BCUT2D eigenvalue weighted by molar-refractivity contribution is -0.121. The summed E-state index contributed by atoms with van der Waals surface area (Å²) >= 11 is 0. The van der Waals surface area contributed by atoms with Crippen molar-refractivity contribution in [2.45, 2.75) is 19.4 Å². The molecule has 2 atom stereocenters. The lowest BCUT2D eigenvalue weighted by Crippen LogP contribution is -2.28. The summed E-state index contributed by atoms with van der Waals surface area (Å²) in [7, 11) is 0. The van der Waals surface area contributed by atoms with E-state index in [1.54, 1.807) is 6.07 Å². The number of hydrogen-bond donors (Lipinski definition) is 2. The van der Waals surface area contributed by atoms with Crippen LogP contribution in [0.3, 0.4) is 0 Å². The SMILES string of the molecule is CC1OCCC1C(=O)Nc1ccccc1C#CCO. The number of amides is 1. The molecule has 1 aromatic rings. The molecule has 0 saturated carbocycles. The summed E-state index contributed by atoms with van der Waals surface area (Å²) in [6.45, 7) is 2.34. The summed E-state index contributed by atoms with van der Waals surface area (Å²) in [6.07, 6.45) is 0.702. The molecule has 1 amide bonds. The molecule has 2 unspecified atom stereocenters. The summed E-state index contributed by atoms with van der Waals surface area (Å²) in [6, 6.07) is 7.30. The first-order valence-electron chi connectivity index (χ1n) is 6.33. The van der Waals surface area contributed by atoms with Gasteiger partial charge in [0.1, 0.15) is 6.61 Å². The van der Waals surface area contributed by atoms with Crippen molar-refractivity contribution in [3.63, 3.8) is 0 Å². The average molecular weight is 259 g/mol. The van der Waals surface area contributed by atoms with Crippen molar-refractivity contribution < 1.29 is 14.6 Å². The molecular weight excluding hydrogens is 242 g/mol. The van der Waals surface area contributed by atoms with Crippen LogP contribution in [0.15, 0.2) is 24.3 Å². The molecule has 1 aliphatic rings. The van der Waals surface area contributed by atoms with Gasteiger partial charge in [-0.3, -0.25) is 4.79 Å². The van der Waals surface area contributed by atoms with E-state index in [0.717, 1.165) is 6.42 Å². The third-order valence-electron chi connectivity index (χ3n) is 3.20. The van der Waals surface area contributed by atoms with Crippen LogP contribution in [0.2, 0.25) is 0 Å². The number of ether oxygens (including phenoxy) is 1. The monoisotopic (exact) mass is 259 g/mol. The van der Waals surface area contributed by atoms with Crippen LogP contribution in [0.4, 0.5) is 5.69 Å². The second-order valence-electron chi connectivity index (χ2n) is 4.47. The van der Waals surface area contributed by atoms with Gasteiger partial charge in [0.05, 0.1) is 17.7 Å². The molecule has 1 aliphatic heterocycles. The zero-order chi connectivity index (χ0) is 13.7. The molecule has 0 bridgehead atoms. The largest absolute Gasteiger partial charge is 0.384 e. The minimum Gasteiger partial charge on any atom is -0.384 e. The van der Waals surface area contributed by atoms with E-state index in [4.69, 9.17) is 9.84 Å². The normalized spacial score (nSPS) is 21.6. The Labute approximate surface area is 112 Å². The van der Waals surface area contributed by atoms with Gasteiger partial charge >= 0.3 is 0 Å². The Morgan fingerprint density at radius 1 is 1.53 bits per heavy atom. The van der Waals surface area contributed by atoms with Crippen LogP contribution in [0.1, 0.15) is 18.9 Å². The van der Waals surface area contributed by atoms with Crippen molar-refractivity contribution in [3.05, 3.63) is 29.8 Å². The van der Waals surface area contributed by atoms with Gasteiger partial charge in [0.2, 0.25) is 5.91 Å². The van der Waals surface area contributed by atoms with Crippen LogP contribution in [0.25, 0.3) is 0 Å². The highest BCUT2D eigenvalue weighted by Crippen LogP contribution is 2.23. The molecule has 19 heavy (non-hydrogen) atoms. The molecule has 2 N–H and O–H groups in total. The van der Waals surface area contributed by atoms with Gasteiger partial charge in [-0.1, -0.05) is 24.0 Å². The molecule has 100 valence electrons. The molecule has 0 spiro atoms. The van der Waals surface area contributed by atoms with Gasteiger partial charge < -0.3 is 15.2 Å². The highest BCUT2D eigenvalue weighted by atomic mass is 16.5. The van der Waals surface area contributed by atoms with Crippen molar-refractivity contribution in [2.24, 2.45) is 5.92 Å². The summed E-state index contributed by atoms with van der Waals surface area (Å²) in [4.78, 5) is 12.2. The molecule has 4 nitrogen and oxygen atoms in total. The second-order valence-corrected chi connectivity index (χ2v) is 4.47. The number of hydrogen-bond acceptors (Lipinski definition) is 3. The van der Waals surface area contributed by atoms with Crippen LogP contribution in [-0.2, 0) is 9.53 Å². The predicted molar refractivity (Wildman–Crippen MR) is 72.6 cm³/mol. The van der Waals surface area contributed by atoms with Gasteiger partial charge in [0.15, 0.2) is 0 Å². The fraction of sp³-hybridized carbons (Fsp3) is 0.400. The van der Waals surface area contributed by atoms with Crippen molar-refractivity contribution in [3.8, 4) is 11.8 Å². The van der Waals surface area contributed by atoms with Crippen molar-refractivity contribution in [1.29, 1.82) is 0 Å². The number of aliphatic hydroxyl groups excluding tert-OH is 1. The Balaban J connectivity index is 2.12. The summed E-state index contributed by atoms with van der Waals surface area (Å²) < 4.78 is 5.40. The molecule has 0 aliphatic carbocycles. The van der Waals surface area contributed by atoms with Crippen molar-refractivity contribution in [1.82, 2.24) is 0 Å². The van der Waals surface area contributed by atoms with E-state index in [9.17, 15) is 4.79 Å². The Morgan fingerprint density at radius 3 is 3.00 bits per heavy atom. The van der Waals surface area contributed by atoms with Crippen LogP contribution in [0.5, 0.6) is 0 Å². The minimum atomic E-state index is -0.199. The maximum atomic E-state index is 12.2. The predicted octanol–water partition coefficient (Wildman–Crippen LogP) is 1.39. The number of rotatable bonds is 2. The zero-order valence-corrected chi connectivity index (χ0v) is 10.8. The molecule has 1 saturated heterocycles. The van der Waals surface area contributed by atoms with Crippen molar-refractivity contribution >= 4 is 11.6 Å². The molecule has 2 rings (SSSR count). The number of para-hydroxylation sites is 1. The van der Waals surface area contributed by atoms with Crippen LogP contribution in [-0.4, -0.2) is 30.3 Å². The van der Waals surface area contributed by atoms with E-state index < -0.39 is 0 Å². The van der Waals surface area contributed by atoms with E-state index in [-0.39, 0.29) is 24.5 Å². The summed E-state index contributed by atoms with van der Waals surface area (Å²) in [5.41, 5.74) is 1.38. The number of aliphatic hydroxyl groups is 1. The first-order chi connectivity index (χ1) is 9.22. The van der Waals surface area contributed by atoms with Crippen LogP contribution >= 0.6 is 0 Å². The standard InChI is InChI=1S/C15H17NO3/c1-11-13(8-10-19-11)15(18)16-14-7-3-2-5-12(14)6-4-9-17/h2-3,5,7,11,13,17H,8-10H2,1H3,(H,16,18). The van der Waals surface area contributed by atoms with Crippen molar-refractivity contribution in [2.75, 3.05) is 18.5 Å². The topological polar surface area (TPSA) is 58.6 Å². The first-order valence-corrected chi connectivity index (χ1v) is 6.33. The number of benzene rings is 1. The Hall–Kier alpha value is -1.83. The molecule has 1 fully saturated rings. The molecule has 4 heteroatoms. The van der Waals surface area contributed by atoms with Gasteiger partial charge in [0, 0.05) is 12.2 Å². The lowest BCUT2D eigenvalue weighted by Gasteiger charge is -2.14. The highest BCUT2D eigenvalue weighted by molar-refractivity contribution is 5.94. The average Bonchev–Trinajstić information content (AvgIpc) is 2.84. The van der Waals surface area contributed by atoms with Gasteiger partial charge in [-0.25, -0.2) is 0 Å². The Kier molecular flexibility index (Phi) is 4.56. The van der Waals surface area contributed by atoms with E-state index in [1.807, 2.05) is 25.1 Å². The number of nitrogens with one attached hydrogen (secondary N) is 1. The number of carbonyl (C=O) groups is 1. The molecule has 0 aromatic heterocycles. The number of anilines is 1. The second kappa shape index (κ2) is 6.37. The number of carbonyl (C=O) groups excluding carboxylic acids is 1. The summed E-state index contributed by atoms with van der Waals surface area (Å²) in [5, 5.41) is 11.6. The molecule has 0 radical (unpaired) electrons. The molecule has 1 aromatic carbocycles. The van der Waals surface area contributed by atoms with E-state index >= 15 is 0 Å². The van der Waals surface area contributed by atoms with E-state index in [0.29, 0.717) is 17.9 Å². The van der Waals surface area contributed by atoms with Gasteiger partial charge in [-0.05, 0) is 25.5 Å². The van der Waals surface area contributed by atoms with Gasteiger partial charge in [0.25, 0.3) is 0 Å². The maximum absolute atomic E-state index is 12.2. The fourth-order valence-electron chi connectivity index (χ4n) is 2.14. The van der Waals surface area contributed by atoms with Crippen LogP contribution < -0.4 is 5.32 Å². The Morgan fingerprint density at radius 2 is 2.32 bits per heavy atom. The lowest BCUT2D eigenvalue weighted by atomic mass is 10.0. The summed E-state index contributed by atoms with van der Waals surface area (Å²) in [5.74, 6) is 5.26. The quantitative estimate of drug-likeness (QED) is 0.789. The fourth-order valence-corrected chi connectivity index (χ4v) is 2.14. The van der Waals surface area contributed by atoms with Crippen LogP contribution in [0, 0.1) is 17.8 Å². The zero-order valence-electron chi connectivity index (χ0n) is 10.8. The van der Waals surface area contributed by atoms with Gasteiger partial charge in [-0.15, -0.1) is 0 Å². The molecular formula is C15H17NO3. The third-order valence-corrected chi connectivity index (χ3v) is 3.20. The van der Waals surface area contributed by atoms with Gasteiger partial charge in [-0.2, -0.15) is 0 Å². The van der Waals surface area contributed by atoms with E-state index in [2.05, 4.69) is 17.2 Å². The van der Waals surface area contributed by atoms with E-state index in [1.165, 1.54) is 0 Å². The minimum absolute atomic E-state index is 0.0387. The maximum Gasteiger partial charge on any atom is 0.230 e.